The molecule has 1 saturated carbocycles. The van der Waals surface area contributed by atoms with Crippen LogP contribution in [0.2, 0.25) is 0 Å². The minimum Gasteiger partial charge on any atom is -0.352 e. The minimum atomic E-state index is 0.154. The zero-order valence-electron chi connectivity index (χ0n) is 9.23. The first kappa shape index (κ1) is 12.8. The van der Waals surface area contributed by atoms with Crippen molar-refractivity contribution in [2.75, 3.05) is 6.54 Å². The number of carbonyl (C=O) groups excluding carboxylic acids is 1. The third kappa shape index (κ3) is 5.98. The average Bonchev–Trinajstić information content (AvgIpc) is 2.25. The largest absolute Gasteiger partial charge is 0.352 e. The Labute approximate surface area is 101 Å². The molecule has 0 saturated heterocycles. The first-order valence-corrected chi connectivity index (χ1v) is 6.58. The molecule has 1 fully saturated rings. The zero-order valence-corrected chi connectivity index (χ0v) is 10.8. The summed E-state index contributed by atoms with van der Waals surface area (Å²) in [5.74, 6) is 0.942. The van der Waals surface area contributed by atoms with Crippen LogP contribution in [0.15, 0.2) is 11.1 Å². The maximum atomic E-state index is 11.4. The Hall–Kier alpha value is -0.310. The van der Waals surface area contributed by atoms with Crippen molar-refractivity contribution in [3.8, 4) is 0 Å². The second-order valence-corrected chi connectivity index (χ2v) is 5.46. The highest BCUT2D eigenvalue weighted by Gasteiger charge is 2.14. The Kier molecular flexibility index (Phi) is 5.99. The number of halogens is 1. The number of carbonyl (C=O) groups is 1. The van der Waals surface area contributed by atoms with Crippen LogP contribution >= 0.6 is 15.9 Å². The molecule has 2 nitrogen and oxygen atoms in total. The molecule has 15 heavy (non-hydrogen) atoms. The Morgan fingerprint density at radius 1 is 1.33 bits per heavy atom. The van der Waals surface area contributed by atoms with Gasteiger partial charge in [0.2, 0.25) is 5.91 Å². The van der Waals surface area contributed by atoms with E-state index < -0.39 is 0 Å². The molecule has 1 rings (SSSR count). The molecule has 0 atom stereocenters. The summed E-state index contributed by atoms with van der Waals surface area (Å²) in [5, 5.41) is 2.84. The first-order chi connectivity index (χ1) is 7.18. The molecule has 1 aliphatic carbocycles. The van der Waals surface area contributed by atoms with E-state index in [1.54, 1.807) is 0 Å². The monoisotopic (exact) mass is 273 g/mol. The average molecular weight is 274 g/mol. The molecule has 0 aromatic carbocycles. The smallest absolute Gasteiger partial charge is 0.220 e. The molecular formula is C12H20BrNO. The summed E-state index contributed by atoms with van der Waals surface area (Å²) in [4.78, 5) is 11.4. The van der Waals surface area contributed by atoms with Gasteiger partial charge in [-0.25, -0.2) is 0 Å². The van der Waals surface area contributed by atoms with E-state index in [4.69, 9.17) is 0 Å². The molecule has 0 aromatic heterocycles. The van der Waals surface area contributed by atoms with Crippen molar-refractivity contribution >= 4 is 21.8 Å². The van der Waals surface area contributed by atoms with Gasteiger partial charge in [-0.3, -0.25) is 4.79 Å². The zero-order chi connectivity index (χ0) is 11.1. The lowest BCUT2D eigenvalue weighted by atomic mass is 9.86. The number of hydrogen-bond donors (Lipinski definition) is 1. The van der Waals surface area contributed by atoms with Crippen LogP contribution in [-0.2, 0) is 4.79 Å². The fourth-order valence-electron chi connectivity index (χ4n) is 2.09. The van der Waals surface area contributed by atoms with Gasteiger partial charge in [-0.05, 0) is 12.3 Å². The van der Waals surface area contributed by atoms with Crippen LogP contribution < -0.4 is 5.32 Å². The van der Waals surface area contributed by atoms with E-state index in [2.05, 4.69) is 27.8 Å². The summed E-state index contributed by atoms with van der Waals surface area (Å²) in [7, 11) is 0. The Morgan fingerprint density at radius 3 is 2.60 bits per heavy atom. The normalized spacial score (nSPS) is 17.4. The standard InChI is InChI=1S/C12H20BrNO/c1-10(13)9-14-12(15)8-7-11-5-3-2-4-6-11/h11H,1-9H2,(H,14,15). The number of amides is 1. The molecule has 0 radical (unpaired) electrons. The summed E-state index contributed by atoms with van der Waals surface area (Å²) in [5.41, 5.74) is 0. The molecule has 0 aromatic rings. The predicted molar refractivity (Wildman–Crippen MR) is 66.9 cm³/mol. The number of nitrogens with one attached hydrogen (secondary N) is 1. The first-order valence-electron chi connectivity index (χ1n) is 5.78. The van der Waals surface area contributed by atoms with Crippen LogP contribution in [0, 0.1) is 5.92 Å². The molecule has 3 heteroatoms. The second-order valence-electron chi connectivity index (χ2n) is 4.34. The summed E-state index contributed by atoms with van der Waals surface area (Å²) in [6.07, 6.45) is 8.45. The molecule has 1 N–H and O–H groups in total. The lowest BCUT2D eigenvalue weighted by Crippen LogP contribution is -2.24. The van der Waals surface area contributed by atoms with Crippen molar-refractivity contribution in [3.63, 3.8) is 0 Å². The van der Waals surface area contributed by atoms with E-state index in [-0.39, 0.29) is 5.91 Å². The molecule has 0 unspecified atom stereocenters. The van der Waals surface area contributed by atoms with E-state index in [1.165, 1.54) is 32.1 Å². The maximum Gasteiger partial charge on any atom is 0.220 e. The van der Waals surface area contributed by atoms with Gasteiger partial charge in [0, 0.05) is 17.4 Å². The van der Waals surface area contributed by atoms with Crippen LogP contribution in [0.1, 0.15) is 44.9 Å². The van der Waals surface area contributed by atoms with E-state index in [0.29, 0.717) is 13.0 Å². The number of rotatable bonds is 5. The molecule has 0 aliphatic heterocycles. The maximum absolute atomic E-state index is 11.4. The molecular weight excluding hydrogens is 254 g/mol. The SMILES string of the molecule is C=C(Br)CNC(=O)CCC1CCCCC1. The lowest BCUT2D eigenvalue weighted by Gasteiger charge is -2.20. The van der Waals surface area contributed by atoms with Crippen LogP contribution in [0.3, 0.4) is 0 Å². The van der Waals surface area contributed by atoms with Gasteiger partial charge < -0.3 is 5.32 Å². The summed E-state index contributed by atoms with van der Waals surface area (Å²) in [6.45, 7) is 4.22. The van der Waals surface area contributed by atoms with Gasteiger partial charge in [0.15, 0.2) is 0 Å². The molecule has 1 aliphatic rings. The van der Waals surface area contributed by atoms with Crippen molar-refractivity contribution in [1.82, 2.24) is 5.32 Å². The Morgan fingerprint density at radius 2 is 2.00 bits per heavy atom. The Bertz CT molecular complexity index is 222. The second kappa shape index (κ2) is 7.04. The summed E-state index contributed by atoms with van der Waals surface area (Å²) < 4.78 is 0.827. The van der Waals surface area contributed by atoms with Gasteiger partial charge in [0.1, 0.15) is 0 Å². The fourth-order valence-corrected chi connectivity index (χ4v) is 2.23. The molecule has 0 heterocycles. The van der Waals surface area contributed by atoms with E-state index >= 15 is 0 Å². The summed E-state index contributed by atoms with van der Waals surface area (Å²) >= 11 is 3.22. The third-order valence-electron chi connectivity index (χ3n) is 2.98. The predicted octanol–water partition coefficient (Wildman–Crippen LogP) is 3.37. The Balaban J connectivity index is 2.07. The highest BCUT2D eigenvalue weighted by molar-refractivity contribution is 9.11. The van der Waals surface area contributed by atoms with Crippen molar-refractivity contribution < 1.29 is 4.79 Å². The van der Waals surface area contributed by atoms with Gasteiger partial charge >= 0.3 is 0 Å². The van der Waals surface area contributed by atoms with E-state index in [9.17, 15) is 4.79 Å². The van der Waals surface area contributed by atoms with Crippen LogP contribution in [0.4, 0.5) is 0 Å². The third-order valence-corrected chi connectivity index (χ3v) is 3.26. The van der Waals surface area contributed by atoms with Gasteiger partial charge in [0.25, 0.3) is 0 Å². The number of hydrogen-bond acceptors (Lipinski definition) is 1. The topological polar surface area (TPSA) is 29.1 Å². The molecule has 0 spiro atoms. The van der Waals surface area contributed by atoms with Crippen molar-refractivity contribution in [2.24, 2.45) is 5.92 Å². The van der Waals surface area contributed by atoms with Crippen LogP contribution in [0.5, 0.6) is 0 Å². The highest BCUT2D eigenvalue weighted by atomic mass is 79.9. The highest BCUT2D eigenvalue weighted by Crippen LogP contribution is 2.27. The molecule has 0 bridgehead atoms. The van der Waals surface area contributed by atoms with Crippen LogP contribution in [-0.4, -0.2) is 12.5 Å². The van der Waals surface area contributed by atoms with E-state index in [1.807, 2.05) is 0 Å². The van der Waals surface area contributed by atoms with Gasteiger partial charge in [-0.15, -0.1) is 0 Å². The lowest BCUT2D eigenvalue weighted by molar-refractivity contribution is -0.121. The van der Waals surface area contributed by atoms with Gasteiger partial charge in [-0.1, -0.05) is 54.6 Å². The van der Waals surface area contributed by atoms with Crippen LogP contribution in [0.25, 0.3) is 0 Å². The summed E-state index contributed by atoms with van der Waals surface area (Å²) in [6, 6.07) is 0. The quantitative estimate of drug-likeness (QED) is 0.818. The van der Waals surface area contributed by atoms with Crippen molar-refractivity contribution in [2.45, 2.75) is 44.9 Å². The van der Waals surface area contributed by atoms with Gasteiger partial charge in [0.05, 0.1) is 0 Å². The van der Waals surface area contributed by atoms with Gasteiger partial charge in [-0.2, -0.15) is 0 Å². The van der Waals surface area contributed by atoms with E-state index in [0.717, 1.165) is 16.8 Å². The molecule has 86 valence electrons. The van der Waals surface area contributed by atoms with Crippen molar-refractivity contribution in [3.05, 3.63) is 11.1 Å². The minimum absolute atomic E-state index is 0.154. The fraction of sp³-hybridized carbons (Fsp3) is 0.750. The molecule has 1 amide bonds. The van der Waals surface area contributed by atoms with Crippen molar-refractivity contribution in [1.29, 1.82) is 0 Å².